The summed E-state index contributed by atoms with van der Waals surface area (Å²) in [6, 6.07) is 11.4. The molecule has 2 aromatic carbocycles. The molecule has 236 valence electrons. The lowest BCUT2D eigenvalue weighted by atomic mass is 10.1. The molecule has 2 N–H and O–H groups in total. The molecule has 3 heterocycles. The first-order chi connectivity index (χ1) is 21.6. The summed E-state index contributed by atoms with van der Waals surface area (Å²) >= 11 is 0. The van der Waals surface area contributed by atoms with Crippen molar-refractivity contribution in [3.63, 3.8) is 0 Å². The van der Waals surface area contributed by atoms with Gasteiger partial charge in [0.1, 0.15) is 30.3 Å². The fourth-order valence-electron chi connectivity index (χ4n) is 4.82. The zero-order valence-electron chi connectivity index (χ0n) is 23.9. The van der Waals surface area contributed by atoms with Gasteiger partial charge in [-0.3, -0.25) is 19.2 Å². The number of pyridine rings is 1. The normalized spacial score (nSPS) is 16.8. The molecule has 0 saturated carbocycles. The molecule has 0 bridgehead atoms. The second-order valence-corrected chi connectivity index (χ2v) is 10.2. The molecule has 2 aliphatic heterocycles. The van der Waals surface area contributed by atoms with Gasteiger partial charge in [0.25, 0.3) is 11.8 Å². The van der Waals surface area contributed by atoms with Crippen molar-refractivity contribution in [2.24, 2.45) is 0 Å². The van der Waals surface area contributed by atoms with E-state index < -0.39 is 71.8 Å². The molecule has 45 heavy (non-hydrogen) atoms. The number of aromatic nitrogens is 1. The SMILES string of the molecule is CC1COC2Cn3cc(C(=O)NCc4ccc(F)cc4F)c(=O)c(OCOC(=O)NCC(=O)OCc4ccccc4)c3C(=O)N12. The predicted octanol–water partition coefficient (Wildman–Crippen LogP) is 2.06. The first-order valence-corrected chi connectivity index (χ1v) is 13.8. The molecule has 5 rings (SSSR count). The summed E-state index contributed by atoms with van der Waals surface area (Å²) in [7, 11) is 0. The van der Waals surface area contributed by atoms with E-state index in [9.17, 15) is 32.8 Å². The van der Waals surface area contributed by atoms with E-state index >= 15 is 0 Å². The smallest absolute Gasteiger partial charge is 0.410 e. The number of ether oxygens (including phenoxy) is 4. The molecule has 1 aromatic heterocycles. The number of carbonyl (C=O) groups excluding carboxylic acids is 4. The number of amides is 3. The van der Waals surface area contributed by atoms with Gasteiger partial charge in [0.15, 0.2) is 11.9 Å². The maximum absolute atomic E-state index is 14.1. The van der Waals surface area contributed by atoms with Crippen LogP contribution >= 0.6 is 0 Å². The number of benzene rings is 2. The molecular weight excluding hydrogens is 598 g/mol. The Morgan fingerprint density at radius 2 is 1.82 bits per heavy atom. The molecule has 2 aliphatic rings. The van der Waals surface area contributed by atoms with E-state index in [0.29, 0.717) is 6.07 Å². The van der Waals surface area contributed by atoms with Crippen LogP contribution in [0.15, 0.2) is 59.5 Å². The zero-order valence-corrected chi connectivity index (χ0v) is 23.9. The van der Waals surface area contributed by atoms with E-state index in [-0.39, 0.29) is 43.6 Å². The third kappa shape index (κ3) is 7.09. The number of hydrogen-bond acceptors (Lipinski definition) is 9. The third-order valence-electron chi connectivity index (χ3n) is 7.06. The molecule has 1 saturated heterocycles. The molecular formula is C30H28F2N4O9. The first-order valence-electron chi connectivity index (χ1n) is 13.8. The Balaban J connectivity index is 1.27. The van der Waals surface area contributed by atoms with E-state index in [4.69, 9.17) is 18.9 Å². The molecule has 3 aromatic rings. The second kappa shape index (κ2) is 13.5. The Morgan fingerprint density at radius 1 is 1.04 bits per heavy atom. The largest absolute Gasteiger partial charge is 0.460 e. The van der Waals surface area contributed by atoms with Gasteiger partial charge in [-0.25, -0.2) is 13.6 Å². The van der Waals surface area contributed by atoms with Crippen molar-refractivity contribution in [2.75, 3.05) is 19.9 Å². The summed E-state index contributed by atoms with van der Waals surface area (Å²) in [5, 5.41) is 4.59. The molecule has 0 aliphatic carbocycles. The van der Waals surface area contributed by atoms with Crippen molar-refractivity contribution < 1.29 is 46.9 Å². The van der Waals surface area contributed by atoms with Gasteiger partial charge in [0.05, 0.1) is 19.2 Å². The lowest BCUT2D eigenvalue weighted by Gasteiger charge is -2.34. The van der Waals surface area contributed by atoms with Gasteiger partial charge in [-0.05, 0) is 18.6 Å². The molecule has 3 amide bonds. The van der Waals surface area contributed by atoms with E-state index in [1.54, 1.807) is 31.2 Å². The number of hydrogen-bond donors (Lipinski definition) is 2. The van der Waals surface area contributed by atoms with E-state index in [1.165, 1.54) is 9.47 Å². The average Bonchev–Trinajstić information content (AvgIpc) is 3.40. The van der Waals surface area contributed by atoms with Gasteiger partial charge in [0, 0.05) is 24.4 Å². The third-order valence-corrected chi connectivity index (χ3v) is 7.06. The van der Waals surface area contributed by atoms with Gasteiger partial charge in [-0.2, -0.15) is 0 Å². The highest BCUT2D eigenvalue weighted by Gasteiger charge is 2.43. The maximum atomic E-state index is 14.1. The van der Waals surface area contributed by atoms with Crippen LogP contribution in [0, 0.1) is 11.6 Å². The minimum atomic E-state index is -1.08. The zero-order chi connectivity index (χ0) is 32.1. The summed E-state index contributed by atoms with van der Waals surface area (Å²) in [5.74, 6) is -4.50. The van der Waals surface area contributed by atoms with Crippen LogP contribution in [0.4, 0.5) is 13.6 Å². The number of carbonyl (C=O) groups is 4. The average molecular weight is 627 g/mol. The minimum Gasteiger partial charge on any atom is -0.460 e. The summed E-state index contributed by atoms with van der Waals surface area (Å²) in [5.41, 5.74) is -0.906. The Labute approximate surface area is 254 Å². The van der Waals surface area contributed by atoms with Crippen molar-refractivity contribution in [1.82, 2.24) is 20.1 Å². The number of nitrogens with zero attached hydrogens (tertiary/aromatic N) is 2. The van der Waals surface area contributed by atoms with Crippen molar-refractivity contribution in [2.45, 2.75) is 38.9 Å². The fourth-order valence-corrected chi connectivity index (χ4v) is 4.82. The van der Waals surface area contributed by atoms with Crippen molar-refractivity contribution in [3.05, 3.63) is 99.0 Å². The van der Waals surface area contributed by atoms with Gasteiger partial charge >= 0.3 is 12.1 Å². The van der Waals surface area contributed by atoms with Crippen LogP contribution in [0.2, 0.25) is 0 Å². The van der Waals surface area contributed by atoms with Crippen LogP contribution in [-0.2, 0) is 38.7 Å². The summed E-state index contributed by atoms with van der Waals surface area (Å²) < 4.78 is 49.8. The number of alkyl carbamates (subject to hydrolysis) is 1. The monoisotopic (exact) mass is 626 g/mol. The minimum absolute atomic E-state index is 0.00683. The topological polar surface area (TPSA) is 154 Å². The Kier molecular flexibility index (Phi) is 9.37. The van der Waals surface area contributed by atoms with Gasteiger partial charge in [0.2, 0.25) is 18.0 Å². The number of halogens is 2. The first kappa shape index (κ1) is 31.1. The molecule has 2 unspecified atom stereocenters. The highest BCUT2D eigenvalue weighted by molar-refractivity contribution is 5.99. The van der Waals surface area contributed by atoms with Crippen molar-refractivity contribution in [1.29, 1.82) is 0 Å². The summed E-state index contributed by atoms with van der Waals surface area (Å²) in [6.07, 6.45) is -0.580. The number of rotatable bonds is 10. The Morgan fingerprint density at radius 3 is 2.58 bits per heavy atom. The van der Waals surface area contributed by atoms with Crippen LogP contribution in [0.25, 0.3) is 0 Å². The standard InChI is InChI=1S/C30H28F2N4O9/c1-17-14-42-23-13-35-12-21(28(39)33-10-19-7-8-20(31)9-22(19)32)26(38)27(25(35)29(40)36(17)23)44-16-45-30(41)34-11-24(37)43-15-18-5-3-2-4-6-18/h2-9,12,17,23H,10-11,13-16H2,1H3,(H,33,39)(H,34,41). The van der Waals surface area contributed by atoms with Crippen molar-refractivity contribution >= 4 is 23.9 Å². The maximum Gasteiger partial charge on any atom is 0.410 e. The highest BCUT2D eigenvalue weighted by Crippen LogP contribution is 2.30. The van der Waals surface area contributed by atoms with Crippen LogP contribution < -0.4 is 20.8 Å². The Bertz CT molecular complexity index is 1680. The van der Waals surface area contributed by atoms with Crippen LogP contribution in [0.1, 0.15) is 38.9 Å². The molecule has 1 fully saturated rings. The van der Waals surface area contributed by atoms with E-state index in [1.807, 2.05) is 6.07 Å². The fraction of sp³-hybridized carbons (Fsp3) is 0.300. The van der Waals surface area contributed by atoms with E-state index in [0.717, 1.165) is 23.9 Å². The van der Waals surface area contributed by atoms with E-state index in [2.05, 4.69) is 10.6 Å². The van der Waals surface area contributed by atoms with Crippen LogP contribution in [0.5, 0.6) is 5.75 Å². The lowest BCUT2D eigenvalue weighted by molar-refractivity contribution is -0.143. The number of esters is 1. The Hall–Kier alpha value is -5.31. The number of fused-ring (bicyclic) bond motifs is 2. The van der Waals surface area contributed by atoms with Gasteiger partial charge in [-0.15, -0.1) is 0 Å². The molecule has 2 atom stereocenters. The van der Waals surface area contributed by atoms with Crippen LogP contribution in [-0.4, -0.2) is 65.6 Å². The van der Waals surface area contributed by atoms with Gasteiger partial charge < -0.3 is 39.0 Å². The lowest BCUT2D eigenvalue weighted by Crippen LogP contribution is -2.49. The number of nitrogens with one attached hydrogen (secondary N) is 2. The quantitative estimate of drug-likeness (QED) is 0.254. The van der Waals surface area contributed by atoms with Crippen LogP contribution in [0.3, 0.4) is 0 Å². The molecule has 15 heteroatoms. The summed E-state index contributed by atoms with van der Waals surface area (Å²) in [4.78, 5) is 65.5. The molecule has 13 nitrogen and oxygen atoms in total. The van der Waals surface area contributed by atoms with Crippen molar-refractivity contribution in [3.8, 4) is 5.75 Å². The second-order valence-electron chi connectivity index (χ2n) is 10.2. The predicted molar refractivity (Wildman–Crippen MR) is 150 cm³/mol. The molecule has 0 radical (unpaired) electrons. The summed E-state index contributed by atoms with van der Waals surface area (Å²) in [6.45, 7) is 0.339. The highest BCUT2D eigenvalue weighted by atomic mass is 19.1. The molecule has 0 spiro atoms. The van der Waals surface area contributed by atoms with Gasteiger partial charge in [-0.1, -0.05) is 36.4 Å².